The topological polar surface area (TPSA) is 38.7 Å². The van der Waals surface area contributed by atoms with Crippen molar-refractivity contribution in [2.24, 2.45) is 0 Å². The summed E-state index contributed by atoms with van der Waals surface area (Å²) in [5.41, 5.74) is 0.619. The Kier molecular flexibility index (Phi) is 4.57. The number of alkyl halides is 3. The number of halogens is 3. The molecule has 1 N–H and O–H groups in total. The van der Waals surface area contributed by atoms with Crippen LogP contribution in [0.1, 0.15) is 5.56 Å². The van der Waals surface area contributed by atoms with Gasteiger partial charge in [0.05, 0.1) is 6.61 Å². The molecule has 0 aliphatic rings. The van der Waals surface area contributed by atoms with E-state index < -0.39 is 19.6 Å². The van der Waals surface area contributed by atoms with Crippen LogP contribution >= 0.6 is 0 Å². The second-order valence-corrected chi connectivity index (χ2v) is 3.03. The van der Waals surface area contributed by atoms with Crippen LogP contribution in [-0.4, -0.2) is 24.7 Å². The van der Waals surface area contributed by atoms with E-state index in [9.17, 15) is 13.2 Å². The van der Waals surface area contributed by atoms with Crippen molar-refractivity contribution >= 4 is 0 Å². The molecule has 1 aromatic rings. The third-order valence-electron chi connectivity index (χ3n) is 1.66. The Hall–Kier alpha value is -1.27. The zero-order valence-corrected chi connectivity index (χ0v) is 8.33. The number of ether oxygens (including phenoxy) is 2. The van der Waals surface area contributed by atoms with E-state index in [0.717, 1.165) is 0 Å². The third kappa shape index (κ3) is 4.99. The van der Waals surface area contributed by atoms with Gasteiger partial charge in [0, 0.05) is 0 Å². The molecule has 0 saturated carbocycles. The fourth-order valence-electron chi connectivity index (χ4n) is 1.00. The van der Waals surface area contributed by atoms with E-state index in [1.165, 1.54) is 6.07 Å². The lowest BCUT2D eigenvalue weighted by Crippen LogP contribution is -2.19. The molecule has 0 heterocycles. The van der Waals surface area contributed by atoms with Gasteiger partial charge in [-0.05, 0) is 17.7 Å². The van der Waals surface area contributed by atoms with Crippen LogP contribution in [0.5, 0.6) is 5.75 Å². The lowest BCUT2D eigenvalue weighted by atomic mass is 10.2. The summed E-state index contributed by atoms with van der Waals surface area (Å²) in [7, 11) is 0. The molecule has 0 unspecified atom stereocenters. The van der Waals surface area contributed by atoms with E-state index in [1.54, 1.807) is 18.2 Å². The Labute approximate surface area is 90.4 Å². The van der Waals surface area contributed by atoms with E-state index in [1.807, 2.05) is 0 Å². The molecule has 0 spiro atoms. The monoisotopic (exact) mass is 236 g/mol. The molecule has 0 aliphatic heterocycles. The highest BCUT2D eigenvalue weighted by Crippen LogP contribution is 2.16. The van der Waals surface area contributed by atoms with Crippen molar-refractivity contribution in [3.63, 3.8) is 0 Å². The zero-order valence-electron chi connectivity index (χ0n) is 8.33. The minimum atomic E-state index is -4.35. The summed E-state index contributed by atoms with van der Waals surface area (Å²) in [6.07, 6.45) is -4.35. The Balaban J connectivity index is 2.32. The molecule has 0 saturated heterocycles. The first-order valence-electron chi connectivity index (χ1n) is 4.48. The van der Waals surface area contributed by atoms with Crippen LogP contribution in [0.2, 0.25) is 0 Å². The van der Waals surface area contributed by atoms with Crippen LogP contribution < -0.4 is 4.74 Å². The maximum atomic E-state index is 11.7. The fourth-order valence-corrected chi connectivity index (χ4v) is 1.00. The smallest absolute Gasteiger partial charge is 0.411 e. The van der Waals surface area contributed by atoms with Crippen LogP contribution in [-0.2, 0) is 11.3 Å². The van der Waals surface area contributed by atoms with Gasteiger partial charge in [-0.25, -0.2) is 0 Å². The zero-order chi connectivity index (χ0) is 12.0. The molecule has 0 atom stereocenters. The van der Waals surface area contributed by atoms with Crippen LogP contribution in [0.4, 0.5) is 13.2 Å². The van der Waals surface area contributed by atoms with Gasteiger partial charge >= 0.3 is 6.18 Å². The molecule has 16 heavy (non-hydrogen) atoms. The summed E-state index contributed by atoms with van der Waals surface area (Å²) >= 11 is 0. The highest BCUT2D eigenvalue weighted by Gasteiger charge is 2.27. The number of aliphatic hydroxyl groups excluding tert-OH is 1. The average Bonchev–Trinajstić information content (AvgIpc) is 2.23. The summed E-state index contributed by atoms with van der Waals surface area (Å²) in [4.78, 5) is 0. The Bertz CT molecular complexity index is 325. The molecule has 0 fully saturated rings. The molecule has 3 nitrogen and oxygen atoms in total. The van der Waals surface area contributed by atoms with Crippen molar-refractivity contribution in [3.05, 3.63) is 29.8 Å². The predicted molar refractivity (Wildman–Crippen MR) is 49.9 cm³/mol. The highest BCUT2D eigenvalue weighted by atomic mass is 19.4. The van der Waals surface area contributed by atoms with E-state index in [-0.39, 0.29) is 6.61 Å². The predicted octanol–water partition coefficient (Wildman–Crippen LogP) is 2.09. The lowest BCUT2D eigenvalue weighted by Gasteiger charge is -2.09. The molecular weight excluding hydrogens is 225 g/mol. The van der Waals surface area contributed by atoms with Crippen LogP contribution in [0.25, 0.3) is 0 Å². The Morgan fingerprint density at radius 1 is 1.25 bits per heavy atom. The van der Waals surface area contributed by atoms with E-state index in [4.69, 9.17) is 9.84 Å². The van der Waals surface area contributed by atoms with Crippen LogP contribution in [0.15, 0.2) is 24.3 Å². The number of hydrogen-bond donors (Lipinski definition) is 1. The minimum Gasteiger partial charge on any atom is -0.468 e. The number of hydrogen-bond acceptors (Lipinski definition) is 3. The number of aliphatic hydroxyl groups is 1. The van der Waals surface area contributed by atoms with E-state index in [2.05, 4.69) is 4.74 Å². The first kappa shape index (κ1) is 12.8. The standard InChI is InChI=1S/C10H11F3O3/c11-10(12,13)6-15-7-16-9-3-1-2-8(4-9)5-14/h1-4,14H,5-7H2. The fraction of sp³-hybridized carbons (Fsp3) is 0.400. The maximum Gasteiger partial charge on any atom is 0.411 e. The Morgan fingerprint density at radius 3 is 2.62 bits per heavy atom. The maximum absolute atomic E-state index is 11.7. The summed E-state index contributed by atoms with van der Waals surface area (Å²) in [5, 5.41) is 8.80. The lowest BCUT2D eigenvalue weighted by molar-refractivity contribution is -0.186. The third-order valence-corrected chi connectivity index (χ3v) is 1.66. The van der Waals surface area contributed by atoms with Gasteiger partial charge in [-0.15, -0.1) is 0 Å². The molecule has 0 bridgehead atoms. The van der Waals surface area contributed by atoms with Crippen LogP contribution in [0.3, 0.4) is 0 Å². The van der Waals surface area contributed by atoms with Crippen molar-refractivity contribution in [2.75, 3.05) is 13.4 Å². The first-order chi connectivity index (χ1) is 7.51. The van der Waals surface area contributed by atoms with Gasteiger partial charge in [-0.2, -0.15) is 13.2 Å². The first-order valence-corrected chi connectivity index (χ1v) is 4.48. The molecule has 0 aliphatic carbocycles. The quantitative estimate of drug-likeness (QED) is 0.628. The molecule has 0 amide bonds. The molecule has 6 heteroatoms. The molecular formula is C10H11F3O3. The summed E-state index contributed by atoms with van der Waals surface area (Å²) in [6.45, 7) is -1.97. The van der Waals surface area contributed by atoms with Gasteiger partial charge in [0.25, 0.3) is 0 Å². The van der Waals surface area contributed by atoms with Crippen LogP contribution in [0, 0.1) is 0 Å². The summed E-state index contributed by atoms with van der Waals surface area (Å²) in [5.74, 6) is 0.355. The second kappa shape index (κ2) is 5.72. The molecule has 1 rings (SSSR count). The van der Waals surface area contributed by atoms with Gasteiger partial charge in [-0.3, -0.25) is 0 Å². The molecule has 90 valence electrons. The normalized spacial score (nSPS) is 11.5. The van der Waals surface area contributed by atoms with Crippen molar-refractivity contribution < 1.29 is 27.8 Å². The minimum absolute atomic E-state index is 0.152. The van der Waals surface area contributed by atoms with Gasteiger partial charge in [0.1, 0.15) is 12.4 Å². The van der Waals surface area contributed by atoms with Gasteiger partial charge in [0.15, 0.2) is 6.79 Å². The summed E-state index contributed by atoms with van der Waals surface area (Å²) in [6, 6.07) is 6.39. The second-order valence-electron chi connectivity index (χ2n) is 3.03. The van der Waals surface area contributed by atoms with E-state index >= 15 is 0 Å². The molecule has 0 radical (unpaired) electrons. The number of rotatable bonds is 5. The largest absolute Gasteiger partial charge is 0.468 e. The SMILES string of the molecule is OCc1cccc(OCOCC(F)(F)F)c1. The van der Waals surface area contributed by atoms with Gasteiger partial charge in [-0.1, -0.05) is 12.1 Å². The van der Waals surface area contributed by atoms with Gasteiger partial charge in [0.2, 0.25) is 0 Å². The van der Waals surface area contributed by atoms with Crippen molar-refractivity contribution in [1.82, 2.24) is 0 Å². The Morgan fingerprint density at radius 2 is 2.00 bits per heavy atom. The number of benzene rings is 1. The molecule has 0 aromatic heterocycles. The molecule has 1 aromatic carbocycles. The van der Waals surface area contributed by atoms with E-state index in [0.29, 0.717) is 11.3 Å². The van der Waals surface area contributed by atoms with Crippen molar-refractivity contribution in [2.45, 2.75) is 12.8 Å². The summed E-state index contributed by atoms with van der Waals surface area (Å²) < 4.78 is 44.2. The van der Waals surface area contributed by atoms with Crippen molar-refractivity contribution in [3.8, 4) is 5.75 Å². The van der Waals surface area contributed by atoms with Gasteiger partial charge < -0.3 is 14.6 Å². The van der Waals surface area contributed by atoms with Crippen molar-refractivity contribution in [1.29, 1.82) is 0 Å². The average molecular weight is 236 g/mol. The highest BCUT2D eigenvalue weighted by molar-refractivity contribution is 5.27.